The maximum Gasteiger partial charge on any atom is 0.418 e. The van der Waals surface area contributed by atoms with Crippen LogP contribution in [0.15, 0.2) is 35.5 Å². The monoisotopic (exact) mass is 408 g/mol. The number of aromatic nitrogens is 4. The van der Waals surface area contributed by atoms with E-state index in [-0.39, 0.29) is 24.2 Å². The van der Waals surface area contributed by atoms with Gasteiger partial charge in [-0.1, -0.05) is 0 Å². The number of hydrogen-bond donors (Lipinski definition) is 1. The highest BCUT2D eigenvalue weighted by Crippen LogP contribution is 2.37. The highest BCUT2D eigenvalue weighted by molar-refractivity contribution is 5.92. The lowest BCUT2D eigenvalue weighted by molar-refractivity contribution is -0.136. The van der Waals surface area contributed by atoms with E-state index in [0.717, 1.165) is 6.07 Å². The molecule has 8 nitrogen and oxygen atoms in total. The molecule has 0 saturated carbocycles. The summed E-state index contributed by atoms with van der Waals surface area (Å²) in [5.74, 6) is -0.647. The Bertz CT molecular complexity index is 1120. The van der Waals surface area contributed by atoms with E-state index in [2.05, 4.69) is 15.4 Å². The number of nitrogens with zero attached hydrogens (tertiary/aromatic N) is 5. The first-order chi connectivity index (χ1) is 13.6. The van der Waals surface area contributed by atoms with Crippen LogP contribution in [0, 0.1) is 0 Å². The van der Waals surface area contributed by atoms with E-state index in [1.54, 1.807) is 21.1 Å². The number of alkyl halides is 3. The zero-order chi connectivity index (χ0) is 21.3. The lowest BCUT2D eigenvalue weighted by atomic mass is 10.1. The van der Waals surface area contributed by atoms with Crippen molar-refractivity contribution in [1.82, 2.24) is 19.3 Å². The number of carbonyl (C=O) groups excluding carboxylic acids is 1. The summed E-state index contributed by atoms with van der Waals surface area (Å²) in [5, 5.41) is 6.54. The van der Waals surface area contributed by atoms with Crippen LogP contribution in [0.5, 0.6) is 0 Å². The van der Waals surface area contributed by atoms with Crippen molar-refractivity contribution in [2.24, 2.45) is 7.05 Å². The molecule has 0 atom stereocenters. The Labute approximate surface area is 163 Å². The number of carbonyl (C=O) groups is 1. The summed E-state index contributed by atoms with van der Waals surface area (Å²) in [6.45, 7) is -0.0281. The van der Waals surface area contributed by atoms with E-state index in [4.69, 9.17) is 0 Å². The van der Waals surface area contributed by atoms with Gasteiger partial charge in [0.1, 0.15) is 5.39 Å². The average Bonchev–Trinajstić information content (AvgIpc) is 3.02. The second-order valence-corrected chi connectivity index (χ2v) is 6.67. The molecule has 0 aliphatic heterocycles. The molecule has 1 aromatic carbocycles. The molecule has 0 spiro atoms. The number of halogens is 3. The standard InChI is InChI=1S/C18H19F3N6O2/c1-25(2)11-4-5-14(13(8-11)18(19,20)21)24-15(28)6-7-27-10-22-16-12(17(27)29)9-23-26(16)3/h4-5,8-10H,6-7H2,1-3H3,(H,24,28). The van der Waals surface area contributed by atoms with Crippen LogP contribution in [0.3, 0.4) is 0 Å². The summed E-state index contributed by atoms with van der Waals surface area (Å²) < 4.78 is 42.8. The third-order valence-corrected chi connectivity index (χ3v) is 4.40. The van der Waals surface area contributed by atoms with Crippen LogP contribution in [0.4, 0.5) is 24.5 Å². The quantitative estimate of drug-likeness (QED) is 0.700. The van der Waals surface area contributed by atoms with Crippen molar-refractivity contribution < 1.29 is 18.0 Å². The highest BCUT2D eigenvalue weighted by atomic mass is 19.4. The number of nitrogens with one attached hydrogen (secondary N) is 1. The summed E-state index contributed by atoms with van der Waals surface area (Å²) in [5.41, 5.74) is -0.875. The Hall–Kier alpha value is -3.37. The minimum atomic E-state index is -4.62. The Morgan fingerprint density at radius 2 is 2.00 bits per heavy atom. The van der Waals surface area contributed by atoms with Crippen LogP contribution in [-0.4, -0.2) is 39.3 Å². The third kappa shape index (κ3) is 4.23. The van der Waals surface area contributed by atoms with Crippen molar-refractivity contribution >= 4 is 28.3 Å². The molecule has 1 N–H and O–H groups in total. The first-order valence-corrected chi connectivity index (χ1v) is 8.63. The lowest BCUT2D eigenvalue weighted by Crippen LogP contribution is -2.24. The first-order valence-electron chi connectivity index (χ1n) is 8.63. The van der Waals surface area contributed by atoms with Crippen LogP contribution in [0.2, 0.25) is 0 Å². The molecular weight excluding hydrogens is 389 g/mol. The van der Waals surface area contributed by atoms with Gasteiger partial charge in [-0.3, -0.25) is 18.8 Å². The van der Waals surface area contributed by atoms with Crippen molar-refractivity contribution in [1.29, 1.82) is 0 Å². The zero-order valence-corrected chi connectivity index (χ0v) is 16.0. The Balaban J connectivity index is 1.76. The average molecular weight is 408 g/mol. The van der Waals surface area contributed by atoms with E-state index in [1.165, 1.54) is 38.8 Å². The van der Waals surface area contributed by atoms with E-state index in [1.807, 2.05) is 0 Å². The molecule has 0 aliphatic carbocycles. The number of rotatable bonds is 5. The van der Waals surface area contributed by atoms with Gasteiger partial charge in [-0.05, 0) is 18.2 Å². The first kappa shape index (κ1) is 20.4. The molecule has 154 valence electrons. The van der Waals surface area contributed by atoms with Gasteiger partial charge < -0.3 is 10.2 Å². The van der Waals surface area contributed by atoms with Gasteiger partial charge >= 0.3 is 6.18 Å². The van der Waals surface area contributed by atoms with Crippen LogP contribution in [0.25, 0.3) is 11.0 Å². The topological polar surface area (TPSA) is 85.1 Å². The second kappa shape index (κ2) is 7.57. The largest absolute Gasteiger partial charge is 0.418 e. The molecule has 0 radical (unpaired) electrons. The van der Waals surface area contributed by atoms with Gasteiger partial charge in [0.15, 0.2) is 5.65 Å². The number of aryl methyl sites for hydroxylation is 2. The van der Waals surface area contributed by atoms with Crippen molar-refractivity contribution in [3.05, 3.63) is 46.6 Å². The molecule has 1 amide bonds. The number of benzene rings is 1. The molecule has 0 aliphatic rings. The molecule has 0 fully saturated rings. The highest BCUT2D eigenvalue weighted by Gasteiger charge is 2.34. The molecule has 0 saturated heterocycles. The van der Waals surface area contributed by atoms with Gasteiger partial charge in [-0.25, -0.2) is 4.98 Å². The van der Waals surface area contributed by atoms with Gasteiger partial charge in [0.25, 0.3) is 5.56 Å². The molecule has 3 rings (SSSR count). The van der Waals surface area contributed by atoms with Crippen molar-refractivity contribution in [2.75, 3.05) is 24.3 Å². The molecular formula is C18H19F3N6O2. The summed E-state index contributed by atoms with van der Waals surface area (Å²) in [6.07, 6.45) is -2.16. The summed E-state index contributed by atoms with van der Waals surface area (Å²) in [7, 11) is 4.89. The van der Waals surface area contributed by atoms with E-state index >= 15 is 0 Å². The number of anilines is 2. The van der Waals surface area contributed by atoms with Gasteiger partial charge in [-0.2, -0.15) is 18.3 Å². The summed E-state index contributed by atoms with van der Waals surface area (Å²) in [4.78, 5) is 30.3. The minimum absolute atomic E-state index is 0.0281. The minimum Gasteiger partial charge on any atom is -0.378 e. The molecule has 2 aromatic heterocycles. The van der Waals surface area contributed by atoms with E-state index in [0.29, 0.717) is 16.7 Å². The van der Waals surface area contributed by atoms with E-state index in [9.17, 15) is 22.8 Å². The normalized spacial score (nSPS) is 11.7. The van der Waals surface area contributed by atoms with Crippen molar-refractivity contribution in [3.63, 3.8) is 0 Å². The third-order valence-electron chi connectivity index (χ3n) is 4.40. The molecule has 0 unspecified atom stereocenters. The smallest absolute Gasteiger partial charge is 0.378 e. The van der Waals surface area contributed by atoms with Gasteiger partial charge in [-0.15, -0.1) is 0 Å². The van der Waals surface area contributed by atoms with Crippen LogP contribution < -0.4 is 15.8 Å². The Morgan fingerprint density at radius 3 is 2.66 bits per heavy atom. The Kier molecular flexibility index (Phi) is 5.31. The molecule has 11 heteroatoms. The zero-order valence-electron chi connectivity index (χ0n) is 16.0. The number of fused-ring (bicyclic) bond motifs is 1. The van der Waals surface area contributed by atoms with E-state index < -0.39 is 17.6 Å². The fourth-order valence-electron chi connectivity index (χ4n) is 2.81. The molecule has 2 heterocycles. The van der Waals surface area contributed by atoms with Crippen molar-refractivity contribution in [3.8, 4) is 0 Å². The van der Waals surface area contributed by atoms with Gasteiger partial charge in [0.05, 0.1) is 23.8 Å². The molecule has 29 heavy (non-hydrogen) atoms. The maximum absolute atomic E-state index is 13.4. The maximum atomic E-state index is 13.4. The fourth-order valence-corrected chi connectivity index (χ4v) is 2.81. The second-order valence-electron chi connectivity index (χ2n) is 6.67. The van der Waals surface area contributed by atoms with Crippen LogP contribution in [-0.2, 0) is 24.6 Å². The predicted molar refractivity (Wildman–Crippen MR) is 102 cm³/mol. The van der Waals surface area contributed by atoms with Crippen molar-refractivity contribution in [2.45, 2.75) is 19.1 Å². The summed E-state index contributed by atoms with van der Waals surface area (Å²) >= 11 is 0. The van der Waals surface area contributed by atoms with Crippen LogP contribution in [0.1, 0.15) is 12.0 Å². The van der Waals surface area contributed by atoms with Gasteiger partial charge in [0.2, 0.25) is 5.91 Å². The predicted octanol–water partition coefficient (Wildman–Crippen LogP) is 2.24. The van der Waals surface area contributed by atoms with Gasteiger partial charge in [0, 0.05) is 39.8 Å². The SMILES string of the molecule is CN(C)c1ccc(NC(=O)CCn2cnc3c(cnn3C)c2=O)c(C(F)(F)F)c1. The Morgan fingerprint density at radius 1 is 1.28 bits per heavy atom. The number of hydrogen-bond acceptors (Lipinski definition) is 5. The summed E-state index contributed by atoms with van der Waals surface area (Å²) in [6, 6.07) is 3.67. The number of amides is 1. The van der Waals surface area contributed by atoms with Crippen LogP contribution >= 0.6 is 0 Å². The lowest BCUT2D eigenvalue weighted by Gasteiger charge is -2.18. The molecule has 0 bridgehead atoms. The fraction of sp³-hybridized carbons (Fsp3) is 0.333. The molecule has 3 aromatic rings.